The van der Waals surface area contributed by atoms with Crippen LogP contribution in [0.4, 0.5) is 4.39 Å². The second kappa shape index (κ2) is 6.68. The summed E-state index contributed by atoms with van der Waals surface area (Å²) in [6, 6.07) is 4.35. The van der Waals surface area contributed by atoms with E-state index in [0.717, 1.165) is 0 Å². The maximum atomic E-state index is 13.7. The van der Waals surface area contributed by atoms with Crippen LogP contribution in [0.1, 0.15) is 21.6 Å². The van der Waals surface area contributed by atoms with E-state index in [9.17, 15) is 9.18 Å². The van der Waals surface area contributed by atoms with Gasteiger partial charge < -0.3 is 15.0 Å². The predicted octanol–water partition coefficient (Wildman–Crippen LogP) is 0.833. The first-order valence-corrected chi connectivity index (χ1v) is 6.24. The van der Waals surface area contributed by atoms with E-state index in [4.69, 9.17) is 5.11 Å². The number of nitrogens with zero attached hydrogens (tertiary/aromatic N) is 2. The molecule has 0 aliphatic rings. The maximum Gasteiger partial charge on any atom is 0.269 e. The normalized spacial score (nSPS) is 9.86. The zero-order valence-corrected chi connectivity index (χ0v) is 11.4. The molecule has 0 saturated heterocycles. The Hall–Kier alpha value is -2.65. The lowest BCUT2D eigenvalue weighted by atomic mass is 10.1. The first-order chi connectivity index (χ1) is 10.1. The molecule has 1 aromatic heterocycles. The molecular formula is C15H14FN3O2. The van der Waals surface area contributed by atoms with E-state index in [0.29, 0.717) is 16.8 Å². The van der Waals surface area contributed by atoms with E-state index in [2.05, 4.69) is 22.1 Å². The molecule has 1 aromatic carbocycles. The molecule has 21 heavy (non-hydrogen) atoms. The molecule has 0 unspecified atom stereocenters. The van der Waals surface area contributed by atoms with Crippen LogP contribution in [-0.4, -0.2) is 27.2 Å². The van der Waals surface area contributed by atoms with Gasteiger partial charge in [-0.2, -0.15) is 0 Å². The Bertz CT molecular complexity index is 713. The van der Waals surface area contributed by atoms with Crippen molar-refractivity contribution < 1.29 is 14.3 Å². The predicted molar refractivity (Wildman–Crippen MR) is 74.7 cm³/mol. The zero-order chi connectivity index (χ0) is 15.2. The van der Waals surface area contributed by atoms with Gasteiger partial charge in [0.15, 0.2) is 0 Å². The Morgan fingerprint density at radius 3 is 3.00 bits per heavy atom. The number of amides is 1. The lowest BCUT2D eigenvalue weighted by Gasteiger charge is -2.07. The SMILES string of the molecule is Cn1cncc1C(=O)NCc1cc(C#CCO)ccc1F. The van der Waals surface area contributed by atoms with Gasteiger partial charge in [-0.1, -0.05) is 11.8 Å². The lowest BCUT2D eigenvalue weighted by Crippen LogP contribution is -2.25. The third-order valence-electron chi connectivity index (χ3n) is 2.85. The van der Waals surface area contributed by atoms with Gasteiger partial charge in [-0.05, 0) is 18.2 Å². The van der Waals surface area contributed by atoms with Crippen LogP contribution in [-0.2, 0) is 13.6 Å². The number of rotatable bonds is 3. The third-order valence-corrected chi connectivity index (χ3v) is 2.85. The Morgan fingerprint density at radius 1 is 1.52 bits per heavy atom. The fraction of sp³-hybridized carbons (Fsp3) is 0.200. The van der Waals surface area contributed by atoms with E-state index in [1.165, 1.54) is 24.7 Å². The molecule has 0 radical (unpaired) electrons. The molecule has 108 valence electrons. The summed E-state index contributed by atoms with van der Waals surface area (Å²) < 4.78 is 15.3. The number of carbonyl (C=O) groups excluding carboxylic acids is 1. The summed E-state index contributed by atoms with van der Waals surface area (Å²) in [7, 11) is 1.70. The Morgan fingerprint density at radius 2 is 2.33 bits per heavy atom. The van der Waals surface area contributed by atoms with Gasteiger partial charge in [0.1, 0.15) is 18.1 Å². The van der Waals surface area contributed by atoms with Crippen molar-refractivity contribution in [1.82, 2.24) is 14.9 Å². The van der Waals surface area contributed by atoms with Crippen LogP contribution in [0.2, 0.25) is 0 Å². The minimum atomic E-state index is -0.421. The van der Waals surface area contributed by atoms with Crippen molar-refractivity contribution >= 4 is 5.91 Å². The number of nitrogens with one attached hydrogen (secondary N) is 1. The summed E-state index contributed by atoms with van der Waals surface area (Å²) >= 11 is 0. The van der Waals surface area contributed by atoms with Gasteiger partial charge in [0, 0.05) is 24.7 Å². The first-order valence-electron chi connectivity index (χ1n) is 6.24. The fourth-order valence-electron chi connectivity index (χ4n) is 1.77. The number of benzene rings is 1. The molecule has 5 nitrogen and oxygen atoms in total. The summed E-state index contributed by atoms with van der Waals surface area (Å²) in [5, 5.41) is 11.3. The van der Waals surface area contributed by atoms with Gasteiger partial charge in [-0.25, -0.2) is 9.37 Å². The van der Waals surface area contributed by atoms with Crippen molar-refractivity contribution in [3.8, 4) is 11.8 Å². The van der Waals surface area contributed by atoms with Crippen LogP contribution < -0.4 is 5.32 Å². The van der Waals surface area contributed by atoms with Crippen LogP contribution in [0.3, 0.4) is 0 Å². The molecule has 0 aliphatic carbocycles. The lowest BCUT2D eigenvalue weighted by molar-refractivity contribution is 0.0942. The van der Waals surface area contributed by atoms with E-state index in [1.54, 1.807) is 17.7 Å². The molecule has 6 heteroatoms. The number of aliphatic hydroxyl groups excluding tert-OH is 1. The maximum absolute atomic E-state index is 13.7. The fourth-order valence-corrected chi connectivity index (χ4v) is 1.77. The highest BCUT2D eigenvalue weighted by molar-refractivity contribution is 5.92. The number of hydrogen-bond donors (Lipinski definition) is 2. The topological polar surface area (TPSA) is 67.2 Å². The quantitative estimate of drug-likeness (QED) is 0.822. The Labute approximate surface area is 121 Å². The average molecular weight is 287 g/mol. The van der Waals surface area contributed by atoms with Gasteiger partial charge in [0.25, 0.3) is 5.91 Å². The highest BCUT2D eigenvalue weighted by Gasteiger charge is 2.10. The smallest absolute Gasteiger partial charge is 0.269 e. The van der Waals surface area contributed by atoms with Crippen LogP contribution in [0.15, 0.2) is 30.7 Å². The third kappa shape index (κ3) is 3.68. The highest BCUT2D eigenvalue weighted by Crippen LogP contribution is 2.10. The van der Waals surface area contributed by atoms with Crippen molar-refractivity contribution in [3.05, 3.63) is 53.4 Å². The van der Waals surface area contributed by atoms with Crippen molar-refractivity contribution in [1.29, 1.82) is 0 Å². The molecule has 1 amide bonds. The van der Waals surface area contributed by atoms with Gasteiger partial charge in [0.2, 0.25) is 0 Å². The molecule has 0 saturated carbocycles. The summed E-state index contributed by atoms with van der Waals surface area (Å²) in [4.78, 5) is 15.8. The van der Waals surface area contributed by atoms with Gasteiger partial charge in [-0.15, -0.1) is 0 Å². The molecule has 1 heterocycles. The summed E-state index contributed by atoms with van der Waals surface area (Å²) in [5.41, 5.74) is 1.30. The van der Waals surface area contributed by atoms with Gasteiger partial charge in [0.05, 0.1) is 12.5 Å². The number of aryl methyl sites for hydroxylation is 1. The molecular weight excluding hydrogens is 273 g/mol. The monoisotopic (exact) mass is 287 g/mol. The van der Waals surface area contributed by atoms with Crippen LogP contribution >= 0.6 is 0 Å². The van der Waals surface area contributed by atoms with E-state index < -0.39 is 5.82 Å². The first kappa shape index (κ1) is 14.8. The number of aromatic nitrogens is 2. The summed E-state index contributed by atoms with van der Waals surface area (Å²) in [6.45, 7) is -0.214. The summed E-state index contributed by atoms with van der Waals surface area (Å²) in [6.07, 6.45) is 2.95. The second-order valence-electron chi connectivity index (χ2n) is 4.34. The van der Waals surface area contributed by atoms with Crippen LogP contribution in [0.25, 0.3) is 0 Å². The van der Waals surface area contributed by atoms with Crippen molar-refractivity contribution in [2.45, 2.75) is 6.54 Å². The standard InChI is InChI=1S/C15H14FN3O2/c1-19-10-17-9-14(19)15(21)18-8-12-7-11(3-2-6-20)4-5-13(12)16/h4-5,7,9-10,20H,6,8H2,1H3,(H,18,21). The van der Waals surface area contributed by atoms with Gasteiger partial charge in [-0.3, -0.25) is 4.79 Å². The van der Waals surface area contributed by atoms with Crippen molar-refractivity contribution in [2.24, 2.45) is 7.05 Å². The van der Waals surface area contributed by atoms with E-state index in [1.807, 2.05) is 0 Å². The number of halogens is 1. The minimum absolute atomic E-state index is 0.0461. The number of imidazole rings is 1. The summed E-state index contributed by atoms with van der Waals surface area (Å²) in [5.74, 6) is 4.43. The van der Waals surface area contributed by atoms with E-state index in [-0.39, 0.29) is 19.1 Å². The number of carbonyl (C=O) groups is 1. The molecule has 2 aromatic rings. The Kier molecular flexibility index (Phi) is 4.69. The molecule has 0 fully saturated rings. The molecule has 2 N–H and O–H groups in total. The second-order valence-corrected chi connectivity index (χ2v) is 4.34. The molecule has 0 spiro atoms. The average Bonchev–Trinajstić information content (AvgIpc) is 2.91. The molecule has 0 bridgehead atoms. The molecule has 0 atom stereocenters. The zero-order valence-electron chi connectivity index (χ0n) is 11.4. The van der Waals surface area contributed by atoms with Gasteiger partial charge >= 0.3 is 0 Å². The number of aliphatic hydroxyl groups is 1. The minimum Gasteiger partial charge on any atom is -0.384 e. The van der Waals surface area contributed by atoms with Crippen LogP contribution in [0.5, 0.6) is 0 Å². The van der Waals surface area contributed by atoms with E-state index >= 15 is 0 Å². The largest absolute Gasteiger partial charge is 0.384 e. The Balaban J connectivity index is 2.09. The van der Waals surface area contributed by atoms with Crippen molar-refractivity contribution in [2.75, 3.05) is 6.61 Å². The highest BCUT2D eigenvalue weighted by atomic mass is 19.1. The number of hydrogen-bond acceptors (Lipinski definition) is 3. The van der Waals surface area contributed by atoms with Crippen LogP contribution in [0, 0.1) is 17.7 Å². The van der Waals surface area contributed by atoms with Crippen molar-refractivity contribution in [3.63, 3.8) is 0 Å². The molecule has 2 rings (SSSR count). The molecule has 0 aliphatic heterocycles.